The van der Waals surface area contributed by atoms with Crippen LogP contribution in [0.3, 0.4) is 0 Å². The standard InChI is InChI=1S/C16H32N2O/c1-13(10-17-11-15-6-5-9-19-15)18-8-7-14(12-18)16(2,3)4/h13-15,17H,5-12H2,1-4H3. The lowest BCUT2D eigenvalue weighted by Crippen LogP contribution is -2.41. The van der Waals surface area contributed by atoms with Crippen molar-refractivity contribution in [3.63, 3.8) is 0 Å². The highest BCUT2D eigenvalue weighted by Crippen LogP contribution is 2.34. The molecule has 0 aliphatic carbocycles. The zero-order valence-corrected chi connectivity index (χ0v) is 13.2. The largest absolute Gasteiger partial charge is 0.377 e. The van der Waals surface area contributed by atoms with Crippen molar-refractivity contribution in [3.8, 4) is 0 Å². The quantitative estimate of drug-likeness (QED) is 0.829. The van der Waals surface area contributed by atoms with Crippen molar-refractivity contribution in [2.24, 2.45) is 11.3 Å². The lowest BCUT2D eigenvalue weighted by atomic mass is 9.80. The van der Waals surface area contributed by atoms with E-state index in [1.54, 1.807) is 0 Å². The van der Waals surface area contributed by atoms with Gasteiger partial charge in [0.2, 0.25) is 0 Å². The van der Waals surface area contributed by atoms with Crippen molar-refractivity contribution < 1.29 is 4.74 Å². The number of nitrogens with one attached hydrogen (secondary N) is 1. The van der Waals surface area contributed by atoms with Gasteiger partial charge in [0.25, 0.3) is 0 Å². The molecule has 1 N–H and O–H groups in total. The molecule has 0 amide bonds. The van der Waals surface area contributed by atoms with Crippen LogP contribution < -0.4 is 5.32 Å². The van der Waals surface area contributed by atoms with E-state index in [1.165, 1.54) is 32.4 Å². The van der Waals surface area contributed by atoms with Crippen LogP contribution >= 0.6 is 0 Å². The van der Waals surface area contributed by atoms with Gasteiger partial charge in [0, 0.05) is 32.3 Å². The fourth-order valence-electron chi connectivity index (χ4n) is 3.28. The smallest absolute Gasteiger partial charge is 0.0700 e. The summed E-state index contributed by atoms with van der Waals surface area (Å²) in [6, 6.07) is 0.647. The van der Waals surface area contributed by atoms with Crippen molar-refractivity contribution in [2.45, 2.75) is 59.1 Å². The number of ether oxygens (including phenoxy) is 1. The van der Waals surface area contributed by atoms with Crippen molar-refractivity contribution in [1.82, 2.24) is 10.2 Å². The first-order chi connectivity index (χ1) is 8.97. The Bertz CT molecular complexity index is 268. The monoisotopic (exact) mass is 268 g/mol. The first-order valence-electron chi connectivity index (χ1n) is 8.03. The van der Waals surface area contributed by atoms with Crippen LogP contribution in [0.15, 0.2) is 0 Å². The molecule has 2 fully saturated rings. The van der Waals surface area contributed by atoms with E-state index < -0.39 is 0 Å². The number of hydrogen-bond acceptors (Lipinski definition) is 3. The van der Waals surface area contributed by atoms with E-state index >= 15 is 0 Å². The highest BCUT2D eigenvalue weighted by Gasteiger charge is 2.33. The third-order valence-corrected chi connectivity index (χ3v) is 4.90. The van der Waals surface area contributed by atoms with Gasteiger partial charge in [-0.15, -0.1) is 0 Å². The zero-order chi connectivity index (χ0) is 13.9. The average Bonchev–Trinajstić information content (AvgIpc) is 2.99. The SMILES string of the molecule is CC(CNCC1CCCO1)N1CCC(C(C)(C)C)C1. The predicted octanol–water partition coefficient (Wildman–Crippen LogP) is 2.51. The summed E-state index contributed by atoms with van der Waals surface area (Å²) < 4.78 is 5.65. The summed E-state index contributed by atoms with van der Waals surface area (Å²) in [7, 11) is 0. The van der Waals surface area contributed by atoms with Crippen molar-refractivity contribution in [1.29, 1.82) is 0 Å². The summed E-state index contributed by atoms with van der Waals surface area (Å²) >= 11 is 0. The number of hydrogen-bond donors (Lipinski definition) is 1. The molecule has 2 heterocycles. The maximum atomic E-state index is 5.65. The van der Waals surface area contributed by atoms with E-state index in [0.717, 1.165) is 25.6 Å². The molecular weight excluding hydrogens is 236 g/mol. The molecule has 2 aliphatic heterocycles. The maximum absolute atomic E-state index is 5.65. The first kappa shape index (κ1) is 15.3. The molecule has 0 bridgehead atoms. The van der Waals surface area contributed by atoms with Crippen molar-refractivity contribution in [2.75, 3.05) is 32.8 Å². The fourth-order valence-corrected chi connectivity index (χ4v) is 3.28. The number of nitrogens with zero attached hydrogens (tertiary/aromatic N) is 1. The molecule has 0 spiro atoms. The molecular formula is C16H32N2O. The molecule has 3 heteroatoms. The average molecular weight is 268 g/mol. The Labute approximate surface area is 119 Å². The van der Waals surface area contributed by atoms with E-state index in [4.69, 9.17) is 4.74 Å². The van der Waals surface area contributed by atoms with Gasteiger partial charge in [0.15, 0.2) is 0 Å². The van der Waals surface area contributed by atoms with Gasteiger partial charge in [-0.05, 0) is 44.1 Å². The van der Waals surface area contributed by atoms with Crippen LogP contribution in [0.2, 0.25) is 0 Å². The third kappa shape index (κ3) is 4.44. The van der Waals surface area contributed by atoms with Crippen LogP contribution in [-0.2, 0) is 4.74 Å². The van der Waals surface area contributed by atoms with Crippen LogP contribution in [0.1, 0.15) is 47.0 Å². The fraction of sp³-hybridized carbons (Fsp3) is 1.00. The third-order valence-electron chi connectivity index (χ3n) is 4.90. The molecule has 3 nitrogen and oxygen atoms in total. The molecule has 0 aromatic rings. The summed E-state index contributed by atoms with van der Waals surface area (Å²) in [5.41, 5.74) is 0.458. The van der Waals surface area contributed by atoms with Crippen LogP contribution in [0.25, 0.3) is 0 Å². The zero-order valence-electron chi connectivity index (χ0n) is 13.2. The summed E-state index contributed by atoms with van der Waals surface area (Å²) in [4.78, 5) is 2.65. The van der Waals surface area contributed by atoms with Crippen molar-refractivity contribution in [3.05, 3.63) is 0 Å². The van der Waals surface area contributed by atoms with E-state index in [2.05, 4.69) is 37.9 Å². The normalized spacial score (nSPS) is 30.9. The molecule has 19 heavy (non-hydrogen) atoms. The molecule has 2 saturated heterocycles. The Morgan fingerprint density at radius 1 is 1.32 bits per heavy atom. The summed E-state index contributed by atoms with van der Waals surface area (Å²) in [6.07, 6.45) is 4.30. The van der Waals surface area contributed by atoms with E-state index in [-0.39, 0.29) is 0 Å². The van der Waals surface area contributed by atoms with Crippen LogP contribution in [0.4, 0.5) is 0 Å². The molecule has 3 atom stereocenters. The second kappa shape index (κ2) is 6.55. The Hall–Kier alpha value is -0.120. The predicted molar refractivity (Wildman–Crippen MR) is 80.4 cm³/mol. The van der Waals surface area contributed by atoms with Gasteiger partial charge < -0.3 is 10.1 Å². The Balaban J connectivity index is 1.65. The summed E-state index contributed by atoms with van der Waals surface area (Å²) in [5.74, 6) is 0.855. The van der Waals surface area contributed by atoms with Crippen LogP contribution in [0, 0.1) is 11.3 Å². The van der Waals surface area contributed by atoms with Gasteiger partial charge in [-0.3, -0.25) is 4.90 Å². The second-order valence-electron chi connectivity index (χ2n) is 7.49. The minimum absolute atomic E-state index is 0.458. The van der Waals surface area contributed by atoms with Crippen molar-refractivity contribution >= 4 is 0 Å². The molecule has 0 aromatic heterocycles. The van der Waals surface area contributed by atoms with E-state index in [1.807, 2.05) is 0 Å². The van der Waals surface area contributed by atoms with Gasteiger partial charge in [-0.2, -0.15) is 0 Å². The van der Waals surface area contributed by atoms with Crippen LogP contribution in [-0.4, -0.2) is 49.8 Å². The Morgan fingerprint density at radius 3 is 2.68 bits per heavy atom. The summed E-state index contributed by atoms with van der Waals surface area (Å²) in [6.45, 7) is 15.1. The molecule has 112 valence electrons. The minimum atomic E-state index is 0.458. The molecule has 0 radical (unpaired) electrons. The number of likely N-dealkylation sites (tertiary alicyclic amines) is 1. The maximum Gasteiger partial charge on any atom is 0.0700 e. The Kier molecular flexibility index (Phi) is 5.27. The minimum Gasteiger partial charge on any atom is -0.377 e. The highest BCUT2D eigenvalue weighted by atomic mass is 16.5. The first-order valence-corrected chi connectivity index (χ1v) is 8.03. The van der Waals surface area contributed by atoms with Gasteiger partial charge in [0.1, 0.15) is 0 Å². The van der Waals surface area contributed by atoms with E-state index in [9.17, 15) is 0 Å². The van der Waals surface area contributed by atoms with Gasteiger partial charge in [-0.25, -0.2) is 0 Å². The topological polar surface area (TPSA) is 24.5 Å². The highest BCUT2D eigenvalue weighted by molar-refractivity contribution is 4.86. The molecule has 2 rings (SSSR count). The van der Waals surface area contributed by atoms with Gasteiger partial charge in [0.05, 0.1) is 6.10 Å². The number of rotatable bonds is 5. The second-order valence-corrected chi connectivity index (χ2v) is 7.49. The lowest BCUT2D eigenvalue weighted by Gasteiger charge is -2.29. The molecule has 0 aromatic carbocycles. The molecule has 3 unspecified atom stereocenters. The molecule has 0 saturated carbocycles. The molecule has 2 aliphatic rings. The van der Waals surface area contributed by atoms with Gasteiger partial charge in [-0.1, -0.05) is 20.8 Å². The summed E-state index contributed by atoms with van der Waals surface area (Å²) in [5, 5.41) is 3.59. The Morgan fingerprint density at radius 2 is 2.11 bits per heavy atom. The van der Waals surface area contributed by atoms with Crippen LogP contribution in [0.5, 0.6) is 0 Å². The van der Waals surface area contributed by atoms with E-state index in [0.29, 0.717) is 17.6 Å². The lowest BCUT2D eigenvalue weighted by molar-refractivity contribution is 0.107. The van der Waals surface area contributed by atoms with Gasteiger partial charge >= 0.3 is 0 Å².